The molecule has 0 radical (unpaired) electrons. The highest BCUT2D eigenvalue weighted by Crippen LogP contribution is 2.28. The number of rotatable bonds is 7. The summed E-state index contributed by atoms with van der Waals surface area (Å²) >= 11 is 0. The quantitative estimate of drug-likeness (QED) is 0.593. The Morgan fingerprint density at radius 1 is 1.17 bits per heavy atom. The largest absolute Gasteiger partial charge is 0.444 e. The van der Waals surface area contributed by atoms with E-state index in [9.17, 15) is 9.59 Å². The molecular formula is C18H26N2O4. The number of amides is 2. The van der Waals surface area contributed by atoms with Gasteiger partial charge in [-0.2, -0.15) is 0 Å². The van der Waals surface area contributed by atoms with E-state index in [-0.39, 0.29) is 18.1 Å². The molecule has 1 aromatic rings. The summed E-state index contributed by atoms with van der Waals surface area (Å²) in [6, 6.07) is 9.34. The number of benzene rings is 1. The molecule has 2 N–H and O–H groups in total. The molecule has 1 heterocycles. The Morgan fingerprint density at radius 3 is 2.54 bits per heavy atom. The van der Waals surface area contributed by atoms with Crippen molar-refractivity contribution in [1.29, 1.82) is 0 Å². The molecule has 132 valence electrons. The van der Waals surface area contributed by atoms with Crippen molar-refractivity contribution in [2.75, 3.05) is 11.9 Å². The number of anilines is 1. The molecule has 2 atom stereocenters. The van der Waals surface area contributed by atoms with Crippen molar-refractivity contribution in [1.82, 2.24) is 5.32 Å². The van der Waals surface area contributed by atoms with Gasteiger partial charge in [0.15, 0.2) is 6.10 Å². The molecule has 0 saturated carbocycles. The SMILES string of the molecule is CC(C)(C)OC(=O)NCCCC[C@H]1O[C@@H]1C(=O)Nc1ccccc1. The maximum atomic E-state index is 12.0. The molecule has 1 aromatic carbocycles. The van der Waals surface area contributed by atoms with E-state index in [1.54, 1.807) is 0 Å². The van der Waals surface area contributed by atoms with E-state index < -0.39 is 11.7 Å². The molecule has 1 fully saturated rings. The molecule has 0 aromatic heterocycles. The van der Waals surface area contributed by atoms with Crippen molar-refractivity contribution in [3.63, 3.8) is 0 Å². The molecule has 0 aliphatic carbocycles. The lowest BCUT2D eigenvalue weighted by molar-refractivity contribution is -0.117. The molecule has 1 aliphatic heterocycles. The normalized spacial score (nSPS) is 19.5. The highest BCUT2D eigenvalue weighted by Gasteiger charge is 2.44. The number of hydrogen-bond donors (Lipinski definition) is 2. The van der Waals surface area contributed by atoms with Crippen LogP contribution in [0.5, 0.6) is 0 Å². The maximum Gasteiger partial charge on any atom is 0.407 e. The summed E-state index contributed by atoms with van der Waals surface area (Å²) in [5.41, 5.74) is 0.295. The second-order valence-corrected chi connectivity index (χ2v) is 6.87. The Bertz CT molecular complexity index is 554. The van der Waals surface area contributed by atoms with Crippen LogP contribution in [0.4, 0.5) is 10.5 Å². The highest BCUT2D eigenvalue weighted by atomic mass is 16.6. The van der Waals surface area contributed by atoms with Crippen molar-refractivity contribution >= 4 is 17.7 Å². The van der Waals surface area contributed by atoms with Gasteiger partial charge in [-0.15, -0.1) is 0 Å². The third-order valence-electron chi connectivity index (χ3n) is 3.47. The van der Waals surface area contributed by atoms with Crippen LogP contribution in [0.25, 0.3) is 0 Å². The minimum atomic E-state index is -0.481. The highest BCUT2D eigenvalue weighted by molar-refractivity contribution is 5.96. The smallest absolute Gasteiger partial charge is 0.407 e. The average Bonchev–Trinajstić information content (AvgIpc) is 3.26. The number of alkyl carbamates (subject to hydrolysis) is 1. The fourth-order valence-corrected chi connectivity index (χ4v) is 2.30. The molecule has 1 saturated heterocycles. The monoisotopic (exact) mass is 334 g/mol. The van der Waals surface area contributed by atoms with Crippen molar-refractivity contribution in [3.8, 4) is 0 Å². The first kappa shape index (κ1) is 18.3. The zero-order chi connectivity index (χ0) is 17.6. The van der Waals surface area contributed by atoms with Gasteiger partial charge >= 0.3 is 6.09 Å². The number of unbranched alkanes of at least 4 members (excludes halogenated alkanes) is 1. The molecule has 0 unspecified atom stereocenters. The van der Waals surface area contributed by atoms with Gasteiger partial charge in [-0.25, -0.2) is 4.79 Å². The van der Waals surface area contributed by atoms with Gasteiger partial charge < -0.3 is 20.1 Å². The predicted octanol–water partition coefficient (Wildman–Crippen LogP) is 3.09. The van der Waals surface area contributed by atoms with Crippen LogP contribution < -0.4 is 10.6 Å². The number of hydrogen-bond acceptors (Lipinski definition) is 4. The number of epoxide rings is 1. The summed E-state index contributed by atoms with van der Waals surface area (Å²) < 4.78 is 10.6. The lowest BCUT2D eigenvalue weighted by Crippen LogP contribution is -2.33. The van der Waals surface area contributed by atoms with Gasteiger partial charge in [0.05, 0.1) is 6.10 Å². The van der Waals surface area contributed by atoms with Gasteiger partial charge in [0.25, 0.3) is 5.91 Å². The summed E-state index contributed by atoms with van der Waals surface area (Å²) in [6.45, 7) is 6.05. The summed E-state index contributed by atoms with van der Waals surface area (Å²) in [4.78, 5) is 23.5. The second kappa shape index (κ2) is 8.15. The van der Waals surface area contributed by atoms with Crippen molar-refractivity contribution in [2.24, 2.45) is 0 Å². The molecule has 2 rings (SSSR count). The molecule has 24 heavy (non-hydrogen) atoms. The first-order valence-electron chi connectivity index (χ1n) is 8.33. The lowest BCUT2D eigenvalue weighted by atomic mass is 10.1. The standard InChI is InChI=1S/C18H26N2O4/c1-18(2,3)24-17(22)19-12-8-7-11-14-15(23-14)16(21)20-13-9-5-4-6-10-13/h4-6,9-10,14-15H,7-8,11-12H2,1-3H3,(H,19,22)(H,20,21)/t14-,15+/m1/s1. The Labute approximate surface area is 142 Å². The third-order valence-corrected chi connectivity index (χ3v) is 3.47. The lowest BCUT2D eigenvalue weighted by Gasteiger charge is -2.19. The van der Waals surface area contributed by atoms with Crippen LogP contribution in [0.3, 0.4) is 0 Å². The molecule has 0 spiro atoms. The van der Waals surface area contributed by atoms with Crippen LogP contribution in [0.1, 0.15) is 40.0 Å². The number of ether oxygens (including phenoxy) is 2. The first-order chi connectivity index (χ1) is 11.3. The molecule has 6 heteroatoms. The minimum absolute atomic E-state index is 0.0183. The third kappa shape index (κ3) is 6.58. The Balaban J connectivity index is 1.54. The molecular weight excluding hydrogens is 308 g/mol. The van der Waals surface area contributed by atoms with Gasteiger partial charge in [-0.1, -0.05) is 18.2 Å². The summed E-state index contributed by atoms with van der Waals surface area (Å²) in [5.74, 6) is -0.0990. The minimum Gasteiger partial charge on any atom is -0.444 e. The average molecular weight is 334 g/mol. The number of para-hydroxylation sites is 1. The molecule has 1 aliphatic rings. The number of carbonyl (C=O) groups excluding carboxylic acids is 2. The van der Waals surface area contributed by atoms with Gasteiger partial charge in [0.1, 0.15) is 5.60 Å². The Hall–Kier alpha value is -2.08. The summed E-state index contributed by atoms with van der Waals surface area (Å²) in [6.07, 6.45) is 1.74. The van der Waals surface area contributed by atoms with E-state index in [4.69, 9.17) is 9.47 Å². The van der Waals surface area contributed by atoms with Gasteiger partial charge in [0, 0.05) is 12.2 Å². The van der Waals surface area contributed by atoms with E-state index in [2.05, 4.69) is 10.6 Å². The van der Waals surface area contributed by atoms with Crippen molar-refractivity contribution in [2.45, 2.75) is 57.8 Å². The molecule has 0 bridgehead atoms. The topological polar surface area (TPSA) is 80.0 Å². The zero-order valence-electron chi connectivity index (χ0n) is 14.5. The summed E-state index contributed by atoms with van der Waals surface area (Å²) in [5, 5.41) is 5.55. The Morgan fingerprint density at radius 2 is 1.88 bits per heavy atom. The van der Waals surface area contributed by atoms with Crippen molar-refractivity contribution in [3.05, 3.63) is 30.3 Å². The molecule has 6 nitrogen and oxygen atoms in total. The van der Waals surface area contributed by atoms with E-state index in [1.165, 1.54) is 0 Å². The van der Waals surface area contributed by atoms with E-state index in [1.807, 2.05) is 51.1 Å². The van der Waals surface area contributed by atoms with Crippen LogP contribution in [0, 0.1) is 0 Å². The van der Waals surface area contributed by atoms with Crippen molar-refractivity contribution < 1.29 is 19.1 Å². The Kier molecular flexibility index (Phi) is 6.20. The zero-order valence-corrected chi connectivity index (χ0v) is 14.5. The van der Waals surface area contributed by atoms with E-state index in [0.717, 1.165) is 24.9 Å². The van der Waals surface area contributed by atoms with Crippen LogP contribution in [0.15, 0.2) is 30.3 Å². The van der Waals surface area contributed by atoms with Crippen LogP contribution in [-0.4, -0.2) is 36.4 Å². The van der Waals surface area contributed by atoms with Gasteiger partial charge in [-0.05, 0) is 52.2 Å². The first-order valence-corrected chi connectivity index (χ1v) is 8.33. The number of nitrogens with one attached hydrogen (secondary N) is 2. The van der Waals surface area contributed by atoms with Gasteiger partial charge in [-0.3, -0.25) is 4.79 Å². The number of carbonyl (C=O) groups is 2. The maximum absolute atomic E-state index is 12.0. The van der Waals surface area contributed by atoms with Crippen LogP contribution in [0.2, 0.25) is 0 Å². The fraction of sp³-hybridized carbons (Fsp3) is 0.556. The molecule has 2 amide bonds. The second-order valence-electron chi connectivity index (χ2n) is 6.87. The predicted molar refractivity (Wildman–Crippen MR) is 91.8 cm³/mol. The van der Waals surface area contributed by atoms with Gasteiger partial charge in [0.2, 0.25) is 0 Å². The van der Waals surface area contributed by atoms with Crippen LogP contribution in [-0.2, 0) is 14.3 Å². The van der Waals surface area contributed by atoms with Crippen LogP contribution >= 0.6 is 0 Å². The van der Waals surface area contributed by atoms with E-state index in [0.29, 0.717) is 6.54 Å². The summed E-state index contributed by atoms with van der Waals surface area (Å²) in [7, 11) is 0. The van der Waals surface area contributed by atoms with E-state index >= 15 is 0 Å². The fourth-order valence-electron chi connectivity index (χ4n) is 2.30.